The summed E-state index contributed by atoms with van der Waals surface area (Å²) in [5.41, 5.74) is 0.186. The Morgan fingerprint density at radius 2 is 2.35 bits per heavy atom. The van der Waals surface area contributed by atoms with Gasteiger partial charge in [-0.1, -0.05) is 0 Å². The van der Waals surface area contributed by atoms with E-state index in [4.69, 9.17) is 20.2 Å². The van der Waals surface area contributed by atoms with E-state index in [0.717, 1.165) is 6.42 Å². The van der Waals surface area contributed by atoms with Crippen molar-refractivity contribution in [3.8, 4) is 0 Å². The van der Waals surface area contributed by atoms with E-state index in [-0.39, 0.29) is 23.1 Å². The highest BCUT2D eigenvalue weighted by Gasteiger charge is 2.22. The fraction of sp³-hybridized carbons (Fsp3) is 0.583. The van der Waals surface area contributed by atoms with Gasteiger partial charge in [0.2, 0.25) is 0 Å². The van der Waals surface area contributed by atoms with E-state index in [0.29, 0.717) is 19.8 Å². The van der Waals surface area contributed by atoms with Crippen LogP contribution in [0.3, 0.4) is 0 Å². The van der Waals surface area contributed by atoms with Crippen LogP contribution >= 0.6 is 10.7 Å². The zero-order valence-corrected chi connectivity index (χ0v) is 12.6. The molecule has 0 saturated carbocycles. The number of esters is 1. The summed E-state index contributed by atoms with van der Waals surface area (Å²) in [6.07, 6.45) is 2.20. The van der Waals surface area contributed by atoms with Crippen molar-refractivity contribution in [2.45, 2.75) is 24.8 Å². The van der Waals surface area contributed by atoms with E-state index in [1.54, 1.807) is 6.92 Å². The third-order valence-electron chi connectivity index (χ3n) is 3.18. The number of ether oxygens (including phenoxy) is 2. The van der Waals surface area contributed by atoms with Gasteiger partial charge in [0.1, 0.15) is 10.6 Å². The molecule has 1 aromatic heterocycles. The van der Waals surface area contributed by atoms with Gasteiger partial charge in [-0.3, -0.25) is 0 Å². The Morgan fingerprint density at radius 1 is 1.60 bits per heavy atom. The summed E-state index contributed by atoms with van der Waals surface area (Å²) in [5.74, 6) is -0.342. The van der Waals surface area contributed by atoms with Crippen LogP contribution in [0.1, 0.15) is 23.8 Å². The maximum absolute atomic E-state index is 12.0. The van der Waals surface area contributed by atoms with Gasteiger partial charge in [0.15, 0.2) is 0 Å². The monoisotopic (exact) mass is 321 g/mol. The van der Waals surface area contributed by atoms with Crippen LogP contribution in [0, 0.1) is 5.92 Å². The van der Waals surface area contributed by atoms with Crippen molar-refractivity contribution in [3.05, 3.63) is 18.0 Å². The molecule has 0 amide bonds. The maximum Gasteiger partial charge on any atom is 0.354 e. The Bertz CT molecular complexity index is 589. The van der Waals surface area contributed by atoms with E-state index in [1.165, 1.54) is 16.8 Å². The topological polar surface area (TPSA) is 74.6 Å². The average Bonchev–Trinajstić information content (AvgIpc) is 3.03. The van der Waals surface area contributed by atoms with Crippen LogP contribution in [0.4, 0.5) is 0 Å². The first-order chi connectivity index (χ1) is 9.41. The number of hydrogen-bond acceptors (Lipinski definition) is 5. The molecule has 0 bridgehead atoms. The quantitative estimate of drug-likeness (QED) is 0.608. The molecular weight excluding hydrogens is 306 g/mol. The summed E-state index contributed by atoms with van der Waals surface area (Å²) < 4.78 is 34.5. The molecule has 2 heterocycles. The third kappa shape index (κ3) is 3.53. The third-order valence-corrected chi connectivity index (χ3v) is 4.50. The second-order valence-electron chi connectivity index (χ2n) is 4.61. The molecule has 1 unspecified atom stereocenters. The van der Waals surface area contributed by atoms with E-state index in [9.17, 15) is 13.2 Å². The first kappa shape index (κ1) is 15.3. The normalized spacial score (nSPS) is 19.2. The Morgan fingerprint density at radius 3 is 2.90 bits per heavy atom. The van der Waals surface area contributed by atoms with Gasteiger partial charge in [-0.05, 0) is 19.4 Å². The largest absolute Gasteiger partial charge is 0.461 e. The number of aromatic nitrogens is 1. The van der Waals surface area contributed by atoms with Crippen LogP contribution in [0.25, 0.3) is 0 Å². The zero-order chi connectivity index (χ0) is 14.8. The van der Waals surface area contributed by atoms with E-state index >= 15 is 0 Å². The Hall–Kier alpha value is -1.05. The first-order valence-corrected chi connectivity index (χ1v) is 8.62. The van der Waals surface area contributed by atoms with Crippen LogP contribution in [-0.2, 0) is 25.1 Å². The van der Waals surface area contributed by atoms with Crippen molar-refractivity contribution in [2.75, 3.05) is 19.8 Å². The van der Waals surface area contributed by atoms with E-state index in [1.807, 2.05) is 0 Å². The highest BCUT2D eigenvalue weighted by atomic mass is 35.7. The predicted octanol–water partition coefficient (Wildman–Crippen LogP) is 1.63. The molecule has 1 atom stereocenters. The number of nitrogens with zero attached hydrogens (tertiary/aromatic N) is 1. The Labute approximate surface area is 122 Å². The lowest BCUT2D eigenvalue weighted by molar-refractivity contribution is 0.0416. The van der Waals surface area contributed by atoms with Gasteiger partial charge in [0.25, 0.3) is 9.05 Å². The summed E-state index contributed by atoms with van der Waals surface area (Å²) in [7, 11) is 1.42. The lowest BCUT2D eigenvalue weighted by Gasteiger charge is -2.10. The molecular formula is C12H16ClNO5S. The first-order valence-electron chi connectivity index (χ1n) is 6.31. The summed E-state index contributed by atoms with van der Waals surface area (Å²) >= 11 is 0. The van der Waals surface area contributed by atoms with Crippen molar-refractivity contribution in [2.24, 2.45) is 5.92 Å². The Kier molecular flexibility index (Phi) is 4.72. The smallest absolute Gasteiger partial charge is 0.354 e. The van der Waals surface area contributed by atoms with Crippen LogP contribution in [0.15, 0.2) is 17.2 Å². The number of rotatable bonds is 5. The number of halogens is 1. The minimum atomic E-state index is -3.86. The molecule has 0 spiro atoms. The molecule has 0 aliphatic carbocycles. The molecule has 8 heteroatoms. The summed E-state index contributed by atoms with van der Waals surface area (Å²) in [5, 5.41) is 0. The van der Waals surface area contributed by atoms with Gasteiger partial charge in [-0.2, -0.15) is 0 Å². The van der Waals surface area contributed by atoms with E-state index in [2.05, 4.69) is 0 Å². The average molecular weight is 322 g/mol. The number of hydrogen-bond donors (Lipinski definition) is 0. The fourth-order valence-corrected chi connectivity index (χ4v) is 2.79. The molecule has 112 valence electrons. The number of carbonyl (C=O) groups is 1. The van der Waals surface area contributed by atoms with Gasteiger partial charge in [-0.15, -0.1) is 0 Å². The second kappa shape index (κ2) is 6.15. The molecule has 1 aromatic rings. The van der Waals surface area contributed by atoms with Gasteiger partial charge >= 0.3 is 5.97 Å². The number of carbonyl (C=O) groups excluding carboxylic acids is 1. The summed E-state index contributed by atoms with van der Waals surface area (Å²) in [6.45, 7) is 3.79. The van der Waals surface area contributed by atoms with Crippen LogP contribution in [0.2, 0.25) is 0 Å². The zero-order valence-electron chi connectivity index (χ0n) is 11.0. The summed E-state index contributed by atoms with van der Waals surface area (Å²) in [4.78, 5) is 11.9. The van der Waals surface area contributed by atoms with Gasteiger partial charge in [0, 0.05) is 35.9 Å². The lowest BCUT2D eigenvalue weighted by Crippen LogP contribution is -2.16. The second-order valence-corrected chi connectivity index (χ2v) is 7.18. The maximum atomic E-state index is 12.0. The number of aryl methyl sites for hydroxylation is 1. The highest BCUT2D eigenvalue weighted by Crippen LogP contribution is 2.20. The van der Waals surface area contributed by atoms with Crippen molar-refractivity contribution in [1.29, 1.82) is 0 Å². The molecule has 1 fully saturated rings. The van der Waals surface area contributed by atoms with Gasteiger partial charge in [-0.25, -0.2) is 13.2 Å². The molecule has 6 nitrogen and oxygen atoms in total. The highest BCUT2D eigenvalue weighted by molar-refractivity contribution is 8.13. The Balaban J connectivity index is 2.10. The van der Waals surface area contributed by atoms with Crippen molar-refractivity contribution in [1.82, 2.24) is 4.57 Å². The lowest BCUT2D eigenvalue weighted by atomic mass is 10.1. The molecule has 0 N–H and O–H groups in total. The van der Waals surface area contributed by atoms with Crippen LogP contribution in [0.5, 0.6) is 0 Å². The molecule has 0 radical (unpaired) electrons. The van der Waals surface area contributed by atoms with Gasteiger partial charge in [0.05, 0.1) is 13.2 Å². The molecule has 1 aliphatic rings. The van der Waals surface area contributed by atoms with Crippen LogP contribution in [-0.4, -0.2) is 38.8 Å². The fourth-order valence-electron chi connectivity index (χ4n) is 2.03. The minimum Gasteiger partial charge on any atom is -0.461 e. The van der Waals surface area contributed by atoms with E-state index < -0.39 is 15.0 Å². The molecule has 0 aromatic carbocycles. The van der Waals surface area contributed by atoms with Crippen molar-refractivity contribution < 1.29 is 22.7 Å². The van der Waals surface area contributed by atoms with Gasteiger partial charge < -0.3 is 14.0 Å². The summed E-state index contributed by atoms with van der Waals surface area (Å²) in [6, 6.07) is 1.24. The standard InChI is InChI=1S/C12H16ClNO5S/c1-2-14-6-10(20(13,16)17)5-11(14)12(15)19-8-9-3-4-18-7-9/h5-6,9H,2-4,7-8H2,1H3. The van der Waals surface area contributed by atoms with Crippen LogP contribution < -0.4 is 0 Å². The molecule has 2 rings (SSSR count). The SMILES string of the molecule is CCn1cc(S(=O)(=O)Cl)cc1C(=O)OCC1CCOC1. The van der Waals surface area contributed by atoms with Crippen molar-refractivity contribution in [3.63, 3.8) is 0 Å². The molecule has 1 saturated heterocycles. The predicted molar refractivity (Wildman–Crippen MR) is 72.4 cm³/mol. The molecule has 20 heavy (non-hydrogen) atoms. The molecule has 1 aliphatic heterocycles. The van der Waals surface area contributed by atoms with Crippen molar-refractivity contribution >= 4 is 25.7 Å². The minimum absolute atomic E-state index is 0.0998.